The smallest absolute Gasteiger partial charge is 0.318 e. The SMILES string of the molecule is CCCCNC(=O)CN(C)C(=O)N[C@@H](C)c1ccc(C)c(C)c1. The first-order chi connectivity index (χ1) is 10.8. The highest BCUT2D eigenvalue weighted by Crippen LogP contribution is 2.16. The Morgan fingerprint density at radius 3 is 2.52 bits per heavy atom. The van der Waals surface area contributed by atoms with E-state index in [4.69, 9.17) is 0 Å². The van der Waals surface area contributed by atoms with Crippen molar-refractivity contribution in [2.75, 3.05) is 20.1 Å². The molecule has 0 aliphatic rings. The summed E-state index contributed by atoms with van der Waals surface area (Å²) in [5.41, 5.74) is 3.49. The largest absolute Gasteiger partial charge is 0.355 e. The van der Waals surface area contributed by atoms with Gasteiger partial charge in [-0.25, -0.2) is 4.79 Å². The summed E-state index contributed by atoms with van der Waals surface area (Å²) >= 11 is 0. The summed E-state index contributed by atoms with van der Waals surface area (Å²) in [6.45, 7) is 8.85. The highest BCUT2D eigenvalue weighted by Gasteiger charge is 2.16. The molecule has 0 spiro atoms. The third kappa shape index (κ3) is 6.30. The number of benzene rings is 1. The van der Waals surface area contributed by atoms with Gasteiger partial charge in [-0.05, 0) is 43.9 Å². The topological polar surface area (TPSA) is 61.4 Å². The molecule has 5 heteroatoms. The van der Waals surface area contributed by atoms with Gasteiger partial charge in [-0.2, -0.15) is 0 Å². The number of aryl methyl sites for hydroxylation is 2. The number of urea groups is 1. The van der Waals surface area contributed by atoms with Gasteiger partial charge in [0.1, 0.15) is 6.54 Å². The molecule has 0 aromatic heterocycles. The lowest BCUT2D eigenvalue weighted by Crippen LogP contribution is -2.44. The average molecular weight is 319 g/mol. The monoisotopic (exact) mass is 319 g/mol. The second kappa shape index (κ2) is 9.18. The number of carbonyl (C=O) groups is 2. The fourth-order valence-electron chi connectivity index (χ4n) is 2.16. The first kappa shape index (κ1) is 19.0. The zero-order valence-corrected chi connectivity index (χ0v) is 14.9. The Morgan fingerprint density at radius 1 is 1.22 bits per heavy atom. The number of amides is 3. The summed E-state index contributed by atoms with van der Waals surface area (Å²) in [6.07, 6.45) is 1.98. The van der Waals surface area contributed by atoms with Gasteiger partial charge in [-0.3, -0.25) is 4.79 Å². The molecule has 3 amide bonds. The van der Waals surface area contributed by atoms with E-state index in [9.17, 15) is 9.59 Å². The number of rotatable bonds is 7. The van der Waals surface area contributed by atoms with Gasteiger partial charge in [0, 0.05) is 13.6 Å². The summed E-state index contributed by atoms with van der Waals surface area (Å²) < 4.78 is 0. The van der Waals surface area contributed by atoms with E-state index in [0.717, 1.165) is 18.4 Å². The van der Waals surface area contributed by atoms with Gasteiger partial charge in [-0.1, -0.05) is 31.5 Å². The van der Waals surface area contributed by atoms with Crippen molar-refractivity contribution in [1.29, 1.82) is 0 Å². The van der Waals surface area contributed by atoms with Crippen LogP contribution in [0, 0.1) is 13.8 Å². The van der Waals surface area contributed by atoms with Crippen LogP contribution in [-0.2, 0) is 4.79 Å². The number of hydrogen-bond acceptors (Lipinski definition) is 2. The zero-order chi connectivity index (χ0) is 17.4. The van der Waals surface area contributed by atoms with Gasteiger partial charge in [-0.15, -0.1) is 0 Å². The maximum absolute atomic E-state index is 12.2. The zero-order valence-electron chi connectivity index (χ0n) is 14.9. The van der Waals surface area contributed by atoms with Crippen LogP contribution in [0.2, 0.25) is 0 Å². The average Bonchev–Trinajstić information content (AvgIpc) is 2.50. The Balaban J connectivity index is 2.50. The number of nitrogens with zero attached hydrogens (tertiary/aromatic N) is 1. The highest BCUT2D eigenvalue weighted by molar-refractivity contribution is 5.83. The summed E-state index contributed by atoms with van der Waals surface area (Å²) in [4.78, 5) is 25.3. The van der Waals surface area contributed by atoms with E-state index in [2.05, 4.69) is 43.5 Å². The van der Waals surface area contributed by atoms with Crippen LogP contribution in [0.4, 0.5) is 4.79 Å². The molecule has 0 heterocycles. The van der Waals surface area contributed by atoms with Gasteiger partial charge in [0.25, 0.3) is 0 Å². The molecule has 1 aromatic carbocycles. The van der Waals surface area contributed by atoms with Gasteiger partial charge < -0.3 is 15.5 Å². The van der Waals surface area contributed by atoms with Gasteiger partial charge in [0.05, 0.1) is 6.04 Å². The fourth-order valence-corrected chi connectivity index (χ4v) is 2.16. The van der Waals surface area contributed by atoms with E-state index in [1.165, 1.54) is 16.0 Å². The Labute approximate surface area is 139 Å². The standard InChI is InChI=1S/C18H29N3O2/c1-6-7-10-19-17(22)12-21(5)18(23)20-15(4)16-9-8-13(2)14(3)11-16/h8-9,11,15H,6-7,10,12H2,1-5H3,(H,19,22)(H,20,23)/t15-/m0/s1. The third-order valence-corrected chi connectivity index (χ3v) is 3.95. The molecule has 0 radical (unpaired) electrons. The highest BCUT2D eigenvalue weighted by atomic mass is 16.2. The molecular weight excluding hydrogens is 290 g/mol. The second-order valence-electron chi connectivity index (χ2n) is 6.07. The minimum Gasteiger partial charge on any atom is -0.355 e. The molecule has 0 aliphatic carbocycles. The van der Waals surface area contributed by atoms with Crippen LogP contribution in [0.15, 0.2) is 18.2 Å². The number of carbonyl (C=O) groups excluding carboxylic acids is 2. The molecule has 0 unspecified atom stereocenters. The Kier molecular flexibility index (Phi) is 7.59. The summed E-state index contributed by atoms with van der Waals surface area (Å²) in [5.74, 6) is -0.130. The molecule has 0 saturated carbocycles. The molecule has 1 atom stereocenters. The quantitative estimate of drug-likeness (QED) is 0.759. The van der Waals surface area contributed by atoms with Crippen molar-refractivity contribution in [1.82, 2.24) is 15.5 Å². The van der Waals surface area contributed by atoms with Gasteiger partial charge >= 0.3 is 6.03 Å². The van der Waals surface area contributed by atoms with Crippen LogP contribution in [0.25, 0.3) is 0 Å². The van der Waals surface area contributed by atoms with Crippen LogP contribution in [0.1, 0.15) is 49.4 Å². The lowest BCUT2D eigenvalue weighted by Gasteiger charge is -2.21. The lowest BCUT2D eigenvalue weighted by atomic mass is 10.0. The first-order valence-corrected chi connectivity index (χ1v) is 8.20. The Hall–Kier alpha value is -2.04. The van der Waals surface area contributed by atoms with Crippen LogP contribution < -0.4 is 10.6 Å². The summed E-state index contributed by atoms with van der Waals surface area (Å²) in [7, 11) is 1.63. The van der Waals surface area contributed by atoms with Crippen molar-refractivity contribution in [3.8, 4) is 0 Å². The lowest BCUT2D eigenvalue weighted by molar-refractivity contribution is -0.121. The first-order valence-electron chi connectivity index (χ1n) is 8.20. The number of nitrogens with one attached hydrogen (secondary N) is 2. The molecule has 1 rings (SSSR count). The van der Waals surface area contributed by atoms with Crippen LogP contribution in [0.3, 0.4) is 0 Å². The van der Waals surface area contributed by atoms with Crippen molar-refractivity contribution >= 4 is 11.9 Å². The molecule has 0 bridgehead atoms. The number of hydrogen-bond donors (Lipinski definition) is 2. The van der Waals surface area contributed by atoms with Crippen molar-refractivity contribution in [3.63, 3.8) is 0 Å². The van der Waals surface area contributed by atoms with Crippen LogP contribution >= 0.6 is 0 Å². The van der Waals surface area contributed by atoms with Crippen molar-refractivity contribution < 1.29 is 9.59 Å². The molecular formula is C18H29N3O2. The molecule has 0 saturated heterocycles. The number of likely N-dealkylation sites (N-methyl/N-ethyl adjacent to an activating group) is 1. The van der Waals surface area contributed by atoms with E-state index in [1.807, 2.05) is 13.0 Å². The van der Waals surface area contributed by atoms with Crippen LogP contribution in [-0.4, -0.2) is 37.0 Å². The van der Waals surface area contributed by atoms with Crippen LogP contribution in [0.5, 0.6) is 0 Å². The van der Waals surface area contributed by atoms with Gasteiger partial charge in [0.15, 0.2) is 0 Å². The normalized spacial score (nSPS) is 11.7. The van der Waals surface area contributed by atoms with E-state index >= 15 is 0 Å². The molecule has 0 aliphatic heterocycles. The maximum Gasteiger partial charge on any atom is 0.318 e. The molecule has 2 N–H and O–H groups in total. The summed E-state index contributed by atoms with van der Waals surface area (Å²) in [5, 5.41) is 5.73. The molecule has 23 heavy (non-hydrogen) atoms. The van der Waals surface area contributed by atoms with E-state index in [1.54, 1.807) is 7.05 Å². The Morgan fingerprint density at radius 2 is 1.91 bits per heavy atom. The predicted octanol–water partition coefficient (Wildman–Crippen LogP) is 2.92. The van der Waals surface area contributed by atoms with E-state index < -0.39 is 0 Å². The molecule has 128 valence electrons. The van der Waals surface area contributed by atoms with E-state index in [-0.39, 0.29) is 24.5 Å². The minimum atomic E-state index is -0.249. The van der Waals surface area contributed by atoms with Gasteiger partial charge in [0.2, 0.25) is 5.91 Å². The summed E-state index contributed by atoms with van der Waals surface area (Å²) in [6, 6.07) is 5.80. The molecule has 0 fully saturated rings. The van der Waals surface area contributed by atoms with E-state index in [0.29, 0.717) is 6.54 Å². The Bertz CT molecular complexity index is 543. The fraction of sp³-hybridized carbons (Fsp3) is 0.556. The predicted molar refractivity (Wildman–Crippen MR) is 93.4 cm³/mol. The second-order valence-corrected chi connectivity index (χ2v) is 6.07. The van der Waals surface area contributed by atoms with Crippen molar-refractivity contribution in [3.05, 3.63) is 34.9 Å². The minimum absolute atomic E-state index is 0.0647. The number of unbranched alkanes of at least 4 members (excludes halogenated alkanes) is 1. The molecule has 1 aromatic rings. The van der Waals surface area contributed by atoms with Crippen molar-refractivity contribution in [2.45, 2.75) is 46.6 Å². The van der Waals surface area contributed by atoms with Crippen molar-refractivity contribution in [2.24, 2.45) is 0 Å². The molecule has 5 nitrogen and oxygen atoms in total. The third-order valence-electron chi connectivity index (χ3n) is 3.95. The maximum atomic E-state index is 12.2.